The molecule has 0 aliphatic carbocycles. The van der Waals surface area contributed by atoms with Crippen molar-refractivity contribution < 1.29 is 14.3 Å². The number of benzene rings is 3. The molecule has 4 aromatic rings. The van der Waals surface area contributed by atoms with Crippen LogP contribution in [0.5, 0.6) is 11.5 Å². The van der Waals surface area contributed by atoms with E-state index in [9.17, 15) is 4.79 Å². The molecule has 0 spiro atoms. The van der Waals surface area contributed by atoms with E-state index in [0.717, 1.165) is 38.1 Å². The first-order valence-corrected chi connectivity index (χ1v) is 11.9. The van der Waals surface area contributed by atoms with Gasteiger partial charge < -0.3 is 25.1 Å². The summed E-state index contributed by atoms with van der Waals surface area (Å²) in [7, 11) is 0. The summed E-state index contributed by atoms with van der Waals surface area (Å²) in [5.74, 6) is 1.72. The van der Waals surface area contributed by atoms with Crippen LogP contribution >= 0.6 is 15.9 Å². The van der Waals surface area contributed by atoms with Crippen LogP contribution in [0.2, 0.25) is 0 Å². The number of nitrogens with one attached hydrogen (secondary N) is 3. The Hall–Kier alpha value is -3.36. The maximum atomic E-state index is 12.3. The number of H-pyrrole nitrogens is 1. The minimum atomic E-state index is -0.241. The first-order valence-electron chi connectivity index (χ1n) is 11.1. The predicted molar refractivity (Wildman–Crippen MR) is 137 cm³/mol. The van der Waals surface area contributed by atoms with Gasteiger partial charge in [0.25, 0.3) is 5.91 Å². The highest BCUT2D eigenvalue weighted by atomic mass is 79.9. The Morgan fingerprint density at radius 3 is 2.62 bits per heavy atom. The largest absolute Gasteiger partial charge is 0.490 e. The summed E-state index contributed by atoms with van der Waals surface area (Å²) in [6, 6.07) is 19.5. The molecule has 1 amide bonds. The Labute approximate surface area is 207 Å². The van der Waals surface area contributed by atoms with Crippen LogP contribution < -0.4 is 20.1 Å². The number of hydrogen-bond acceptors (Lipinski definition) is 5. The number of carbonyl (C=O) groups is 1. The lowest BCUT2D eigenvalue weighted by Crippen LogP contribution is -2.20. The lowest BCUT2D eigenvalue weighted by molar-refractivity contribution is -0.118. The molecule has 0 saturated carbocycles. The Kier molecular flexibility index (Phi) is 7.82. The van der Waals surface area contributed by atoms with E-state index in [0.29, 0.717) is 31.2 Å². The van der Waals surface area contributed by atoms with E-state index in [1.165, 1.54) is 0 Å². The van der Waals surface area contributed by atoms with E-state index < -0.39 is 0 Å². The summed E-state index contributed by atoms with van der Waals surface area (Å²) in [4.78, 5) is 20.3. The quantitative estimate of drug-likeness (QED) is 0.261. The number of aryl methyl sites for hydroxylation is 1. The number of aromatic amines is 1. The number of fused-ring (bicyclic) bond motifs is 1. The number of anilines is 1. The first kappa shape index (κ1) is 23.8. The highest BCUT2D eigenvalue weighted by molar-refractivity contribution is 9.10. The summed E-state index contributed by atoms with van der Waals surface area (Å²) >= 11 is 3.57. The Morgan fingerprint density at radius 2 is 1.85 bits per heavy atom. The number of amides is 1. The Bertz CT molecular complexity index is 1240. The molecular formula is C26H27BrN4O3. The van der Waals surface area contributed by atoms with E-state index in [1.54, 1.807) is 0 Å². The zero-order valence-electron chi connectivity index (χ0n) is 19.2. The maximum absolute atomic E-state index is 12.3. The molecule has 0 fully saturated rings. The summed E-state index contributed by atoms with van der Waals surface area (Å²) in [6.45, 7) is 5.48. The van der Waals surface area contributed by atoms with Crippen molar-refractivity contribution >= 4 is 38.6 Å². The predicted octanol–water partition coefficient (Wildman–Crippen LogP) is 5.34. The topological polar surface area (TPSA) is 88.3 Å². The fraction of sp³-hybridized carbons (Fsp3) is 0.231. The number of para-hydroxylation sites is 2. The van der Waals surface area contributed by atoms with Crippen molar-refractivity contribution in [3.05, 3.63) is 82.1 Å². The third kappa shape index (κ3) is 6.15. The Morgan fingerprint density at radius 1 is 1.06 bits per heavy atom. The standard InChI is InChI=1S/C26H27BrN4O3/c1-3-33-23-13-18(14-28-15-24-30-21-6-4-5-7-22(21)31-24)12-20(27)26(23)34-16-25(32)29-19-10-8-17(2)9-11-19/h4-13,28H,3,14-16H2,1-2H3,(H,29,32)(H,30,31). The lowest BCUT2D eigenvalue weighted by atomic mass is 10.2. The zero-order valence-corrected chi connectivity index (χ0v) is 20.7. The molecule has 3 aromatic carbocycles. The van der Waals surface area contributed by atoms with Crippen molar-refractivity contribution in [1.82, 2.24) is 15.3 Å². The van der Waals surface area contributed by atoms with Gasteiger partial charge in [-0.1, -0.05) is 29.8 Å². The number of aromatic nitrogens is 2. The number of rotatable bonds is 10. The van der Waals surface area contributed by atoms with Crippen molar-refractivity contribution in [3.8, 4) is 11.5 Å². The second kappa shape index (κ2) is 11.2. The third-order valence-electron chi connectivity index (χ3n) is 5.11. The number of imidazole rings is 1. The van der Waals surface area contributed by atoms with Gasteiger partial charge in [0.05, 0.1) is 28.7 Å². The molecule has 0 radical (unpaired) electrons. The van der Waals surface area contributed by atoms with Gasteiger partial charge in [0.15, 0.2) is 18.1 Å². The van der Waals surface area contributed by atoms with Crippen molar-refractivity contribution in [2.24, 2.45) is 0 Å². The van der Waals surface area contributed by atoms with Crippen molar-refractivity contribution in [3.63, 3.8) is 0 Å². The molecular weight excluding hydrogens is 496 g/mol. The summed E-state index contributed by atoms with van der Waals surface area (Å²) in [6.07, 6.45) is 0. The van der Waals surface area contributed by atoms with Crippen molar-refractivity contribution in [2.45, 2.75) is 26.9 Å². The number of hydrogen-bond donors (Lipinski definition) is 3. The van der Waals surface area contributed by atoms with Gasteiger partial charge in [0.1, 0.15) is 5.82 Å². The lowest BCUT2D eigenvalue weighted by Gasteiger charge is -2.16. The second-order valence-corrected chi connectivity index (χ2v) is 8.70. The molecule has 3 N–H and O–H groups in total. The van der Waals surface area contributed by atoms with Crippen LogP contribution in [0.1, 0.15) is 23.9 Å². The number of carbonyl (C=O) groups excluding carboxylic acids is 1. The van der Waals surface area contributed by atoms with E-state index in [1.807, 2.05) is 74.5 Å². The smallest absolute Gasteiger partial charge is 0.262 e. The summed E-state index contributed by atoms with van der Waals surface area (Å²) < 4.78 is 12.3. The van der Waals surface area contributed by atoms with Gasteiger partial charge in [0, 0.05) is 12.2 Å². The molecule has 0 aliphatic rings. The van der Waals surface area contributed by atoms with Crippen LogP contribution in [0.15, 0.2) is 65.1 Å². The normalized spacial score (nSPS) is 10.9. The van der Waals surface area contributed by atoms with Gasteiger partial charge >= 0.3 is 0 Å². The van der Waals surface area contributed by atoms with E-state index in [2.05, 4.69) is 36.5 Å². The van der Waals surface area contributed by atoms with Gasteiger partial charge in [-0.2, -0.15) is 0 Å². The Balaban J connectivity index is 1.37. The van der Waals surface area contributed by atoms with Crippen LogP contribution in [0.4, 0.5) is 5.69 Å². The molecule has 34 heavy (non-hydrogen) atoms. The maximum Gasteiger partial charge on any atom is 0.262 e. The van der Waals surface area contributed by atoms with Gasteiger partial charge in [-0.25, -0.2) is 4.98 Å². The molecule has 1 heterocycles. The average Bonchev–Trinajstić information content (AvgIpc) is 3.23. The van der Waals surface area contributed by atoms with Crippen molar-refractivity contribution in [1.29, 1.82) is 0 Å². The van der Waals surface area contributed by atoms with E-state index >= 15 is 0 Å². The van der Waals surface area contributed by atoms with Crippen molar-refractivity contribution in [2.75, 3.05) is 18.5 Å². The highest BCUT2D eigenvalue weighted by Gasteiger charge is 2.14. The van der Waals surface area contributed by atoms with Gasteiger partial charge in [0.2, 0.25) is 0 Å². The van der Waals surface area contributed by atoms with Crippen LogP contribution in [0.3, 0.4) is 0 Å². The van der Waals surface area contributed by atoms with E-state index in [4.69, 9.17) is 9.47 Å². The molecule has 0 unspecified atom stereocenters. The monoisotopic (exact) mass is 522 g/mol. The number of nitrogens with zero attached hydrogens (tertiary/aromatic N) is 1. The molecule has 0 saturated heterocycles. The minimum absolute atomic E-state index is 0.129. The molecule has 0 aliphatic heterocycles. The van der Waals surface area contributed by atoms with Gasteiger partial charge in [-0.15, -0.1) is 0 Å². The fourth-order valence-corrected chi connectivity index (χ4v) is 4.12. The van der Waals surface area contributed by atoms with Crippen LogP contribution in [0, 0.1) is 6.92 Å². The average molecular weight is 523 g/mol. The van der Waals surface area contributed by atoms with Crippen LogP contribution in [-0.2, 0) is 17.9 Å². The molecule has 7 nitrogen and oxygen atoms in total. The SMILES string of the molecule is CCOc1cc(CNCc2nc3ccccc3[nH]2)cc(Br)c1OCC(=O)Nc1ccc(C)cc1. The molecule has 1 aromatic heterocycles. The van der Waals surface area contributed by atoms with Crippen LogP contribution in [-0.4, -0.2) is 29.1 Å². The molecule has 8 heteroatoms. The molecule has 0 bridgehead atoms. The number of ether oxygens (including phenoxy) is 2. The number of halogens is 1. The minimum Gasteiger partial charge on any atom is -0.490 e. The van der Waals surface area contributed by atoms with Crippen LogP contribution in [0.25, 0.3) is 11.0 Å². The molecule has 176 valence electrons. The zero-order chi connectivity index (χ0) is 23.9. The summed E-state index contributed by atoms with van der Waals surface area (Å²) in [5.41, 5.74) is 4.85. The van der Waals surface area contributed by atoms with Gasteiger partial charge in [-0.05, 0) is 71.7 Å². The fourth-order valence-electron chi connectivity index (χ4n) is 3.51. The highest BCUT2D eigenvalue weighted by Crippen LogP contribution is 2.37. The molecule has 4 rings (SSSR count). The third-order valence-corrected chi connectivity index (χ3v) is 5.70. The summed E-state index contributed by atoms with van der Waals surface area (Å²) in [5, 5.41) is 6.24. The second-order valence-electron chi connectivity index (χ2n) is 7.84. The first-order chi connectivity index (χ1) is 16.5. The molecule has 0 atom stereocenters. The van der Waals surface area contributed by atoms with Gasteiger partial charge in [-0.3, -0.25) is 4.79 Å². The van der Waals surface area contributed by atoms with E-state index in [-0.39, 0.29) is 12.5 Å².